The van der Waals surface area contributed by atoms with Gasteiger partial charge in [-0.3, -0.25) is 14.5 Å². The molecule has 2 amide bonds. The first-order chi connectivity index (χ1) is 16.0. The van der Waals surface area contributed by atoms with Gasteiger partial charge in [-0.2, -0.15) is 0 Å². The van der Waals surface area contributed by atoms with Crippen molar-refractivity contribution >= 4 is 11.8 Å². The van der Waals surface area contributed by atoms with Crippen LogP contribution in [-0.4, -0.2) is 65.8 Å². The largest absolute Gasteiger partial charge is 0.340 e. The summed E-state index contributed by atoms with van der Waals surface area (Å²) in [4.78, 5) is 31.9. The van der Waals surface area contributed by atoms with Gasteiger partial charge in [0.25, 0.3) is 5.91 Å². The molecular weight excluding hydrogens is 417 g/mol. The Bertz CT molecular complexity index is 908. The van der Waals surface area contributed by atoms with Crippen LogP contribution in [0.2, 0.25) is 0 Å². The van der Waals surface area contributed by atoms with Crippen LogP contribution in [0.5, 0.6) is 0 Å². The molecule has 33 heavy (non-hydrogen) atoms. The molecule has 0 bridgehead atoms. The molecule has 178 valence electrons. The number of amides is 2. The Morgan fingerprint density at radius 3 is 2.33 bits per heavy atom. The first kappa shape index (κ1) is 24.9. The lowest BCUT2D eigenvalue weighted by Gasteiger charge is -2.36. The summed E-state index contributed by atoms with van der Waals surface area (Å²) in [5.74, 6) is -0.0319. The minimum atomic E-state index is -0.280. The molecule has 2 aromatic rings. The molecule has 0 N–H and O–H groups in total. The molecule has 0 atom stereocenters. The molecule has 1 heterocycles. The Morgan fingerprint density at radius 1 is 0.970 bits per heavy atom. The van der Waals surface area contributed by atoms with Crippen molar-refractivity contribution in [1.29, 1.82) is 0 Å². The number of hydrogen-bond acceptors (Lipinski definition) is 3. The Balaban J connectivity index is 1.59. The number of piperazine rings is 1. The maximum atomic E-state index is 13.4. The van der Waals surface area contributed by atoms with Gasteiger partial charge in [0.05, 0.1) is 0 Å². The van der Waals surface area contributed by atoms with Crippen molar-refractivity contribution in [3.8, 4) is 0 Å². The van der Waals surface area contributed by atoms with E-state index >= 15 is 0 Å². The monoisotopic (exact) mass is 453 g/mol. The summed E-state index contributed by atoms with van der Waals surface area (Å²) < 4.78 is 13.4. The number of aryl methyl sites for hydroxylation is 1. The molecule has 0 aromatic heterocycles. The van der Waals surface area contributed by atoms with Crippen molar-refractivity contribution in [3.05, 3.63) is 71.0 Å². The Morgan fingerprint density at radius 2 is 1.67 bits per heavy atom. The van der Waals surface area contributed by atoms with Crippen molar-refractivity contribution < 1.29 is 14.0 Å². The SMILES string of the molecule is CCCCCC(=O)N1CCN(CCN(Cc2ccc(F)cc2)C(=O)c2ccccc2C)CC1. The minimum Gasteiger partial charge on any atom is -0.340 e. The third-order valence-corrected chi connectivity index (χ3v) is 6.35. The Kier molecular flexibility index (Phi) is 9.43. The van der Waals surface area contributed by atoms with Gasteiger partial charge in [-0.25, -0.2) is 4.39 Å². The average molecular weight is 454 g/mol. The number of unbranched alkanes of at least 4 members (excludes halogenated alkanes) is 2. The van der Waals surface area contributed by atoms with Crippen LogP contribution in [0.15, 0.2) is 48.5 Å². The third-order valence-electron chi connectivity index (χ3n) is 6.35. The molecule has 0 aliphatic carbocycles. The molecular formula is C27H36FN3O2. The van der Waals surface area contributed by atoms with E-state index in [0.717, 1.165) is 63.1 Å². The van der Waals surface area contributed by atoms with Gasteiger partial charge in [0, 0.05) is 57.8 Å². The number of benzene rings is 2. The molecule has 3 rings (SSSR count). The summed E-state index contributed by atoms with van der Waals surface area (Å²) in [7, 11) is 0. The van der Waals surface area contributed by atoms with E-state index < -0.39 is 0 Å². The Hall–Kier alpha value is -2.73. The van der Waals surface area contributed by atoms with E-state index in [4.69, 9.17) is 0 Å². The van der Waals surface area contributed by atoms with Gasteiger partial charge in [0.2, 0.25) is 5.91 Å². The molecule has 1 fully saturated rings. The fourth-order valence-electron chi connectivity index (χ4n) is 4.21. The number of carbonyl (C=O) groups excluding carboxylic acids is 2. The molecule has 1 saturated heterocycles. The highest BCUT2D eigenvalue weighted by molar-refractivity contribution is 5.95. The molecule has 5 nitrogen and oxygen atoms in total. The quantitative estimate of drug-likeness (QED) is 0.498. The number of rotatable bonds is 10. The van der Waals surface area contributed by atoms with E-state index in [9.17, 15) is 14.0 Å². The van der Waals surface area contributed by atoms with Crippen molar-refractivity contribution in [2.75, 3.05) is 39.3 Å². The second kappa shape index (κ2) is 12.5. The molecule has 2 aromatic carbocycles. The van der Waals surface area contributed by atoms with E-state index in [1.54, 1.807) is 12.1 Å². The first-order valence-electron chi connectivity index (χ1n) is 12.1. The number of carbonyl (C=O) groups is 2. The number of halogens is 1. The smallest absolute Gasteiger partial charge is 0.254 e. The van der Waals surface area contributed by atoms with E-state index in [1.807, 2.05) is 41.0 Å². The van der Waals surface area contributed by atoms with Crippen LogP contribution in [0, 0.1) is 12.7 Å². The highest BCUT2D eigenvalue weighted by Crippen LogP contribution is 2.15. The van der Waals surface area contributed by atoms with Gasteiger partial charge in [-0.05, 0) is 42.7 Å². The molecule has 1 aliphatic rings. The van der Waals surface area contributed by atoms with Crippen LogP contribution in [0.25, 0.3) is 0 Å². The first-order valence-corrected chi connectivity index (χ1v) is 12.1. The van der Waals surface area contributed by atoms with E-state index in [2.05, 4.69) is 11.8 Å². The predicted octanol–water partition coefficient (Wildman–Crippen LogP) is 4.50. The lowest BCUT2D eigenvalue weighted by Crippen LogP contribution is -2.50. The fourth-order valence-corrected chi connectivity index (χ4v) is 4.21. The summed E-state index contributed by atoms with van der Waals surface area (Å²) in [6.07, 6.45) is 3.83. The zero-order valence-corrected chi connectivity index (χ0v) is 19.9. The average Bonchev–Trinajstić information content (AvgIpc) is 2.83. The zero-order valence-electron chi connectivity index (χ0n) is 19.9. The second-order valence-electron chi connectivity index (χ2n) is 8.85. The van der Waals surface area contributed by atoms with Gasteiger partial charge < -0.3 is 9.80 Å². The summed E-state index contributed by atoms with van der Waals surface area (Å²) in [6, 6.07) is 13.9. The molecule has 6 heteroatoms. The molecule has 1 aliphatic heterocycles. The van der Waals surface area contributed by atoms with Gasteiger partial charge in [-0.15, -0.1) is 0 Å². The van der Waals surface area contributed by atoms with Crippen molar-refractivity contribution in [3.63, 3.8) is 0 Å². The van der Waals surface area contributed by atoms with Gasteiger partial charge in [0.15, 0.2) is 0 Å². The summed E-state index contributed by atoms with van der Waals surface area (Å²) in [6.45, 7) is 8.98. The lowest BCUT2D eigenvalue weighted by atomic mass is 10.1. The van der Waals surface area contributed by atoms with Gasteiger partial charge in [0.1, 0.15) is 5.82 Å². The second-order valence-corrected chi connectivity index (χ2v) is 8.85. The van der Waals surface area contributed by atoms with Gasteiger partial charge >= 0.3 is 0 Å². The topological polar surface area (TPSA) is 43.9 Å². The van der Waals surface area contributed by atoms with Crippen LogP contribution in [0.3, 0.4) is 0 Å². The predicted molar refractivity (Wildman–Crippen MR) is 129 cm³/mol. The number of hydrogen-bond donors (Lipinski definition) is 0. The van der Waals surface area contributed by atoms with Crippen molar-refractivity contribution in [2.24, 2.45) is 0 Å². The normalized spacial score (nSPS) is 14.3. The lowest BCUT2D eigenvalue weighted by molar-refractivity contribution is -0.133. The maximum Gasteiger partial charge on any atom is 0.254 e. The van der Waals surface area contributed by atoms with Crippen molar-refractivity contribution in [1.82, 2.24) is 14.7 Å². The van der Waals surface area contributed by atoms with Crippen LogP contribution in [0.4, 0.5) is 4.39 Å². The van der Waals surface area contributed by atoms with E-state index in [0.29, 0.717) is 25.1 Å². The number of nitrogens with zero attached hydrogens (tertiary/aromatic N) is 3. The molecule has 0 radical (unpaired) electrons. The zero-order chi connectivity index (χ0) is 23.6. The van der Waals surface area contributed by atoms with Crippen molar-refractivity contribution in [2.45, 2.75) is 46.1 Å². The molecule has 0 unspecified atom stereocenters. The highest BCUT2D eigenvalue weighted by atomic mass is 19.1. The summed E-state index contributed by atoms with van der Waals surface area (Å²) in [5.41, 5.74) is 2.55. The Labute approximate surface area is 197 Å². The minimum absolute atomic E-state index is 0.0119. The highest BCUT2D eigenvalue weighted by Gasteiger charge is 2.23. The summed E-state index contributed by atoms with van der Waals surface area (Å²) >= 11 is 0. The van der Waals surface area contributed by atoms with Crippen LogP contribution in [0.1, 0.15) is 54.1 Å². The molecule has 0 saturated carbocycles. The van der Waals surface area contributed by atoms with E-state index in [1.165, 1.54) is 12.1 Å². The molecule has 0 spiro atoms. The van der Waals surface area contributed by atoms with Gasteiger partial charge in [-0.1, -0.05) is 50.1 Å². The summed E-state index contributed by atoms with van der Waals surface area (Å²) in [5, 5.41) is 0. The van der Waals surface area contributed by atoms with E-state index in [-0.39, 0.29) is 17.6 Å². The van der Waals surface area contributed by atoms with Crippen LogP contribution in [-0.2, 0) is 11.3 Å². The van der Waals surface area contributed by atoms with Crippen LogP contribution >= 0.6 is 0 Å². The third kappa shape index (κ3) is 7.39. The maximum absolute atomic E-state index is 13.4. The standard InChI is InChI=1S/C27H36FN3O2/c1-3-4-5-10-26(32)30-18-15-29(16-19-30)17-20-31(21-23-11-13-24(28)14-12-23)27(33)25-9-7-6-8-22(25)2/h6-9,11-14H,3-5,10,15-21H2,1-2H3. The fraction of sp³-hybridized carbons (Fsp3) is 0.481. The van der Waals surface area contributed by atoms with Crippen LogP contribution < -0.4 is 0 Å².